The molecule has 0 aromatic rings. The third-order valence-electron chi connectivity index (χ3n) is 11.3. The number of carbonyl (C=O) groups is 2. The second-order valence-corrected chi connectivity index (χ2v) is 20.3. The number of ether oxygens (including phenoxy) is 2. The quantitative estimate of drug-likeness (QED) is 0.0211. The van der Waals surface area contributed by atoms with Crippen LogP contribution in [0.4, 0.5) is 0 Å². The Kier molecular flexibility index (Phi) is 45.2. The first kappa shape index (κ1) is 62.7. The van der Waals surface area contributed by atoms with E-state index in [0.29, 0.717) is 23.9 Å². The van der Waals surface area contributed by atoms with Crippen molar-refractivity contribution in [2.75, 3.05) is 47.5 Å². The van der Waals surface area contributed by atoms with Gasteiger partial charge in [0.05, 0.1) is 27.7 Å². The van der Waals surface area contributed by atoms with Crippen molar-refractivity contribution < 1.29 is 42.1 Å². The number of unbranched alkanes of at least 4 members (excludes halogenated alkanes) is 24. The van der Waals surface area contributed by atoms with E-state index < -0.39 is 26.5 Å². The SMILES string of the molecule is CC/C=C\C/C=C\C/C=C\C/C=C\C/C=C\CCCCCCCCCCCCCC(=O)OC(COC(=O)CCCCCCCCCCCCCCCC)COP(=O)(O)OCC[N+](C)(C)C. The van der Waals surface area contributed by atoms with E-state index in [9.17, 15) is 19.0 Å². The van der Waals surface area contributed by atoms with E-state index in [1.165, 1.54) is 122 Å². The Labute approximate surface area is 400 Å². The number of phosphoric ester groups is 1. The van der Waals surface area contributed by atoms with E-state index >= 15 is 0 Å². The molecule has 0 saturated carbocycles. The second-order valence-electron chi connectivity index (χ2n) is 18.9. The van der Waals surface area contributed by atoms with E-state index in [1.54, 1.807) is 0 Å². The van der Waals surface area contributed by atoms with Crippen molar-refractivity contribution in [3.8, 4) is 0 Å². The van der Waals surface area contributed by atoms with E-state index in [2.05, 4.69) is 74.6 Å². The zero-order chi connectivity index (χ0) is 47.8. The number of rotatable bonds is 48. The number of hydrogen-bond donors (Lipinski definition) is 1. The van der Waals surface area contributed by atoms with Gasteiger partial charge in [-0.25, -0.2) is 4.57 Å². The van der Waals surface area contributed by atoms with Gasteiger partial charge in [-0.1, -0.05) is 216 Å². The van der Waals surface area contributed by atoms with Crippen LogP contribution < -0.4 is 0 Å². The van der Waals surface area contributed by atoms with Crippen LogP contribution in [0, 0.1) is 0 Å². The number of carbonyl (C=O) groups excluding carboxylic acids is 2. The summed E-state index contributed by atoms with van der Waals surface area (Å²) in [5.41, 5.74) is 0. The van der Waals surface area contributed by atoms with Gasteiger partial charge in [-0.2, -0.15) is 0 Å². The maximum Gasteiger partial charge on any atom is 0.472 e. The smallest absolute Gasteiger partial charge is 0.462 e. The molecule has 0 spiro atoms. The maximum absolute atomic E-state index is 12.8. The molecule has 0 aliphatic rings. The van der Waals surface area contributed by atoms with Crippen LogP contribution >= 0.6 is 7.82 Å². The third kappa shape index (κ3) is 51.0. The fraction of sp³-hybridized carbons (Fsp3) is 0.782. The molecule has 0 aromatic carbocycles. The van der Waals surface area contributed by atoms with Gasteiger partial charge in [0.15, 0.2) is 6.10 Å². The fourth-order valence-corrected chi connectivity index (χ4v) is 7.96. The van der Waals surface area contributed by atoms with Gasteiger partial charge in [-0.05, 0) is 57.8 Å². The number of hydrogen-bond acceptors (Lipinski definition) is 7. The van der Waals surface area contributed by atoms with Crippen LogP contribution in [0.15, 0.2) is 60.8 Å². The highest BCUT2D eigenvalue weighted by atomic mass is 31.2. The van der Waals surface area contributed by atoms with Gasteiger partial charge in [0.1, 0.15) is 19.8 Å². The molecule has 378 valence electrons. The van der Waals surface area contributed by atoms with Crippen LogP contribution in [-0.4, -0.2) is 74.9 Å². The summed E-state index contributed by atoms with van der Waals surface area (Å²) in [6, 6.07) is 0. The minimum atomic E-state index is -4.38. The molecule has 0 heterocycles. The van der Waals surface area contributed by atoms with Crippen LogP contribution in [0.1, 0.15) is 226 Å². The van der Waals surface area contributed by atoms with Gasteiger partial charge in [0.25, 0.3) is 0 Å². The van der Waals surface area contributed by atoms with Gasteiger partial charge in [0.2, 0.25) is 0 Å². The number of phosphoric acid groups is 1. The molecule has 2 atom stereocenters. The molecule has 0 bridgehead atoms. The van der Waals surface area contributed by atoms with E-state index in [1.807, 2.05) is 21.1 Å². The average Bonchev–Trinajstić information content (AvgIpc) is 3.26. The highest BCUT2D eigenvalue weighted by Crippen LogP contribution is 2.43. The summed E-state index contributed by atoms with van der Waals surface area (Å²) < 4.78 is 34.5. The highest BCUT2D eigenvalue weighted by molar-refractivity contribution is 7.47. The minimum Gasteiger partial charge on any atom is -0.462 e. The molecule has 1 N–H and O–H groups in total. The molecule has 0 rings (SSSR count). The van der Waals surface area contributed by atoms with Gasteiger partial charge < -0.3 is 18.9 Å². The Morgan fingerprint density at radius 1 is 0.492 bits per heavy atom. The average molecular weight is 935 g/mol. The molecule has 0 aliphatic heterocycles. The molecule has 0 saturated heterocycles. The lowest BCUT2D eigenvalue weighted by Crippen LogP contribution is -2.37. The first-order valence-electron chi connectivity index (χ1n) is 26.5. The Hall–Kier alpha value is -2.29. The van der Waals surface area contributed by atoms with Crippen molar-refractivity contribution in [2.24, 2.45) is 0 Å². The molecule has 65 heavy (non-hydrogen) atoms. The standard InChI is InChI=1S/C55H100NO8P/c1-6-8-10-12-14-16-18-20-22-23-24-25-26-27-28-29-30-31-32-33-34-36-38-40-42-44-46-48-55(58)64-53(52-63-65(59,60)62-50-49-56(3,4)5)51-61-54(57)47-45-43-41-39-37-35-21-19-17-15-13-11-9-7-2/h8,10,14,16,20,22,24-25,27-28,53H,6-7,9,11-13,15,17-19,21,23,26,29-52H2,1-5H3/p+1/b10-8-,16-14-,22-20-,25-24-,28-27-. The van der Waals surface area contributed by atoms with Crippen LogP contribution in [0.5, 0.6) is 0 Å². The summed E-state index contributed by atoms with van der Waals surface area (Å²) in [5, 5.41) is 0. The van der Waals surface area contributed by atoms with Crippen molar-refractivity contribution in [3.05, 3.63) is 60.8 Å². The Morgan fingerprint density at radius 2 is 0.877 bits per heavy atom. The summed E-state index contributed by atoms with van der Waals surface area (Å²) in [6.45, 7) is 4.33. The Balaban J connectivity index is 4.18. The van der Waals surface area contributed by atoms with Crippen molar-refractivity contribution in [1.82, 2.24) is 0 Å². The van der Waals surface area contributed by atoms with Crippen molar-refractivity contribution in [3.63, 3.8) is 0 Å². The lowest BCUT2D eigenvalue weighted by Gasteiger charge is -2.24. The van der Waals surface area contributed by atoms with Gasteiger partial charge in [-0.3, -0.25) is 18.6 Å². The maximum atomic E-state index is 12.8. The number of allylic oxidation sites excluding steroid dienone is 10. The predicted molar refractivity (Wildman–Crippen MR) is 275 cm³/mol. The second kappa shape index (κ2) is 46.8. The number of nitrogens with zero attached hydrogens (tertiary/aromatic N) is 1. The van der Waals surface area contributed by atoms with Crippen molar-refractivity contribution in [2.45, 2.75) is 232 Å². The van der Waals surface area contributed by atoms with Crippen LogP contribution in [0.3, 0.4) is 0 Å². The highest BCUT2D eigenvalue weighted by Gasteiger charge is 2.27. The molecule has 0 aromatic heterocycles. The Bertz CT molecular complexity index is 1290. The molecule has 9 nitrogen and oxygen atoms in total. The number of esters is 2. The molecule has 0 fully saturated rings. The first-order chi connectivity index (χ1) is 31.5. The third-order valence-corrected chi connectivity index (χ3v) is 12.3. The lowest BCUT2D eigenvalue weighted by molar-refractivity contribution is -0.870. The van der Waals surface area contributed by atoms with Crippen LogP contribution in [0.2, 0.25) is 0 Å². The molecule has 2 unspecified atom stereocenters. The molecular weight excluding hydrogens is 834 g/mol. The predicted octanol–water partition coefficient (Wildman–Crippen LogP) is 16.0. The first-order valence-corrected chi connectivity index (χ1v) is 28.0. The van der Waals surface area contributed by atoms with E-state index in [0.717, 1.165) is 70.6 Å². The lowest BCUT2D eigenvalue weighted by atomic mass is 10.0. The largest absolute Gasteiger partial charge is 0.472 e. The Morgan fingerprint density at radius 3 is 1.31 bits per heavy atom. The molecule has 0 radical (unpaired) electrons. The monoisotopic (exact) mass is 935 g/mol. The van der Waals surface area contributed by atoms with Crippen molar-refractivity contribution in [1.29, 1.82) is 0 Å². The molecule has 0 amide bonds. The van der Waals surface area contributed by atoms with Crippen LogP contribution in [-0.2, 0) is 32.7 Å². The molecular formula is C55H101NO8P+. The fourth-order valence-electron chi connectivity index (χ4n) is 7.22. The van der Waals surface area contributed by atoms with E-state index in [-0.39, 0.29) is 25.6 Å². The van der Waals surface area contributed by atoms with Crippen molar-refractivity contribution >= 4 is 19.8 Å². The number of quaternary nitrogens is 1. The summed E-state index contributed by atoms with van der Waals surface area (Å²) in [6.07, 6.45) is 58.4. The summed E-state index contributed by atoms with van der Waals surface area (Å²) in [4.78, 5) is 35.6. The number of likely N-dealkylation sites (N-methyl/N-ethyl adjacent to an activating group) is 1. The zero-order valence-electron chi connectivity index (χ0n) is 42.7. The summed E-state index contributed by atoms with van der Waals surface area (Å²) in [5.74, 6) is -0.796. The summed E-state index contributed by atoms with van der Waals surface area (Å²) in [7, 11) is 1.48. The topological polar surface area (TPSA) is 108 Å². The van der Waals surface area contributed by atoms with E-state index in [4.69, 9.17) is 18.5 Å². The minimum absolute atomic E-state index is 0.0306. The zero-order valence-corrected chi connectivity index (χ0v) is 43.6. The molecule has 10 heteroatoms. The summed E-state index contributed by atoms with van der Waals surface area (Å²) >= 11 is 0. The van der Waals surface area contributed by atoms with Gasteiger partial charge in [0, 0.05) is 12.8 Å². The normalized spacial score (nSPS) is 13.9. The van der Waals surface area contributed by atoms with Gasteiger partial charge in [-0.15, -0.1) is 0 Å². The van der Waals surface area contributed by atoms with Crippen LogP contribution in [0.25, 0.3) is 0 Å². The molecule has 0 aliphatic carbocycles. The van der Waals surface area contributed by atoms with Gasteiger partial charge >= 0.3 is 19.8 Å².